The Labute approximate surface area is 188 Å². The second kappa shape index (κ2) is 10.0. The zero-order valence-corrected chi connectivity index (χ0v) is 19.1. The Morgan fingerprint density at radius 1 is 1.03 bits per heavy atom. The van der Waals surface area contributed by atoms with E-state index in [9.17, 15) is 24.6 Å². The van der Waals surface area contributed by atoms with Crippen molar-refractivity contribution in [1.82, 2.24) is 0 Å². The van der Waals surface area contributed by atoms with Gasteiger partial charge in [-0.15, -0.1) is 0 Å². The van der Waals surface area contributed by atoms with Crippen LogP contribution in [0, 0.1) is 0 Å². The van der Waals surface area contributed by atoms with Crippen molar-refractivity contribution in [3.63, 3.8) is 0 Å². The van der Waals surface area contributed by atoms with Gasteiger partial charge < -0.3 is 14.9 Å². The summed E-state index contributed by atoms with van der Waals surface area (Å²) in [5.74, 6) is -3.99. The van der Waals surface area contributed by atoms with E-state index in [1.54, 1.807) is 56.3 Å². The summed E-state index contributed by atoms with van der Waals surface area (Å²) in [7, 11) is 1.20. The number of aliphatic hydroxyl groups is 2. The summed E-state index contributed by atoms with van der Waals surface area (Å²) in [5, 5.41) is 22.3. The van der Waals surface area contributed by atoms with Gasteiger partial charge in [0.1, 0.15) is 5.76 Å². The maximum absolute atomic E-state index is 13.5. The van der Waals surface area contributed by atoms with Crippen LogP contribution in [0.2, 0.25) is 0 Å². The molecule has 32 heavy (non-hydrogen) atoms. The van der Waals surface area contributed by atoms with Crippen molar-refractivity contribution in [2.75, 3.05) is 7.11 Å². The Hall–Kier alpha value is -3.09. The number of methoxy groups -OCH3 is 1. The maximum atomic E-state index is 13.5. The predicted molar refractivity (Wildman–Crippen MR) is 123 cm³/mol. The summed E-state index contributed by atoms with van der Waals surface area (Å²) in [5.41, 5.74) is -2.93. The molecule has 0 saturated heterocycles. The van der Waals surface area contributed by atoms with Crippen molar-refractivity contribution in [2.24, 2.45) is 0 Å². The van der Waals surface area contributed by atoms with Gasteiger partial charge in [-0.2, -0.15) is 0 Å². The first-order chi connectivity index (χ1) is 15.0. The minimum atomic E-state index is -3.01. The Bertz CT molecular complexity index is 1020. The number of Topliss-reactive ketones (excluding diaryl/α,β-unsaturated/α-hetero) is 2. The molecule has 1 aromatic rings. The Balaban J connectivity index is 2.67. The minimum absolute atomic E-state index is 0.0573. The van der Waals surface area contributed by atoms with Gasteiger partial charge in [0.05, 0.1) is 0 Å². The molecule has 1 aliphatic rings. The van der Waals surface area contributed by atoms with E-state index in [2.05, 4.69) is 0 Å². The molecule has 0 aromatic heterocycles. The van der Waals surface area contributed by atoms with E-state index in [4.69, 9.17) is 4.74 Å². The largest absolute Gasteiger partial charge is 0.508 e. The Morgan fingerprint density at radius 3 is 2.16 bits per heavy atom. The van der Waals surface area contributed by atoms with Crippen molar-refractivity contribution < 1.29 is 29.3 Å². The van der Waals surface area contributed by atoms with Gasteiger partial charge in [0.15, 0.2) is 5.60 Å². The van der Waals surface area contributed by atoms with Crippen LogP contribution in [0.1, 0.15) is 46.1 Å². The number of rotatable bonds is 8. The summed E-state index contributed by atoms with van der Waals surface area (Å²) in [4.78, 5) is 39.8. The van der Waals surface area contributed by atoms with Crippen molar-refractivity contribution in [2.45, 2.75) is 51.7 Å². The molecule has 0 saturated carbocycles. The van der Waals surface area contributed by atoms with Crippen LogP contribution in [0.4, 0.5) is 0 Å². The number of aliphatic hydroxyl groups excluding tert-OH is 1. The van der Waals surface area contributed by atoms with E-state index >= 15 is 0 Å². The summed E-state index contributed by atoms with van der Waals surface area (Å²) in [6.45, 7) is 7.21. The van der Waals surface area contributed by atoms with E-state index in [1.165, 1.54) is 13.2 Å². The first-order valence-electron chi connectivity index (χ1n) is 10.3. The highest BCUT2D eigenvalue weighted by Gasteiger charge is 2.64. The lowest BCUT2D eigenvalue weighted by atomic mass is 9.68. The van der Waals surface area contributed by atoms with Gasteiger partial charge in [0.2, 0.25) is 17.3 Å². The Kier molecular flexibility index (Phi) is 7.88. The fourth-order valence-electron chi connectivity index (χ4n) is 3.46. The fourth-order valence-corrected chi connectivity index (χ4v) is 3.46. The molecule has 2 N–H and O–H groups in total. The van der Waals surface area contributed by atoms with Crippen LogP contribution >= 0.6 is 0 Å². The summed E-state index contributed by atoms with van der Waals surface area (Å²) < 4.78 is 5.44. The van der Waals surface area contributed by atoms with Gasteiger partial charge in [-0.1, -0.05) is 59.7 Å². The molecule has 0 aliphatic heterocycles. The molecular formula is C26H30O6. The van der Waals surface area contributed by atoms with Gasteiger partial charge in [0.25, 0.3) is 5.60 Å². The average Bonchev–Trinajstić information content (AvgIpc) is 2.76. The van der Waals surface area contributed by atoms with E-state index in [0.29, 0.717) is 5.56 Å². The van der Waals surface area contributed by atoms with Crippen LogP contribution in [0.3, 0.4) is 0 Å². The number of carbonyl (C=O) groups excluding carboxylic acids is 3. The zero-order chi connectivity index (χ0) is 24.1. The second-order valence-corrected chi connectivity index (χ2v) is 8.31. The molecule has 1 aliphatic carbocycles. The first kappa shape index (κ1) is 25.2. The van der Waals surface area contributed by atoms with Crippen molar-refractivity contribution in [1.29, 1.82) is 0 Å². The topological polar surface area (TPSA) is 101 Å². The second-order valence-electron chi connectivity index (χ2n) is 8.31. The lowest BCUT2D eigenvalue weighted by Crippen LogP contribution is -2.66. The maximum Gasteiger partial charge on any atom is 0.252 e. The SMILES string of the molecule is COC1(CC=C(C)C)C(=O)C(O)(C(=O)C=Cc2ccccc2)C(=O)C(CC=C(C)C)=C1O. The minimum Gasteiger partial charge on any atom is -0.508 e. The first-order valence-corrected chi connectivity index (χ1v) is 10.3. The number of carbonyl (C=O) groups is 3. The van der Waals surface area contributed by atoms with E-state index in [0.717, 1.165) is 17.2 Å². The highest BCUT2D eigenvalue weighted by atomic mass is 16.5. The Morgan fingerprint density at radius 2 is 1.62 bits per heavy atom. The third-order valence-electron chi connectivity index (χ3n) is 5.41. The number of ketones is 3. The fraction of sp³-hybridized carbons (Fsp3) is 0.346. The third kappa shape index (κ3) is 4.71. The van der Waals surface area contributed by atoms with Gasteiger partial charge >= 0.3 is 0 Å². The van der Waals surface area contributed by atoms with Crippen LogP contribution in [0.5, 0.6) is 0 Å². The van der Waals surface area contributed by atoms with Crippen LogP contribution < -0.4 is 0 Å². The van der Waals surface area contributed by atoms with Crippen molar-refractivity contribution in [3.05, 3.63) is 76.6 Å². The number of hydrogen-bond acceptors (Lipinski definition) is 6. The molecule has 0 spiro atoms. The highest BCUT2D eigenvalue weighted by Crippen LogP contribution is 2.40. The van der Waals surface area contributed by atoms with Crippen LogP contribution in [-0.4, -0.2) is 45.9 Å². The molecule has 0 fully saturated rings. The van der Waals surface area contributed by atoms with Gasteiger partial charge in [0, 0.05) is 19.1 Å². The van der Waals surface area contributed by atoms with Gasteiger partial charge in [-0.25, -0.2) is 0 Å². The van der Waals surface area contributed by atoms with Gasteiger partial charge in [-0.3, -0.25) is 14.4 Å². The molecular weight excluding hydrogens is 408 g/mol. The van der Waals surface area contributed by atoms with E-state index in [1.807, 2.05) is 13.8 Å². The van der Waals surface area contributed by atoms with Crippen molar-refractivity contribution in [3.8, 4) is 0 Å². The molecule has 0 amide bonds. The number of allylic oxidation sites excluding steroid dienone is 3. The quantitative estimate of drug-likeness (QED) is 0.361. The standard InChI is InChI=1S/C26H30O6/c1-17(2)11-13-20-22(28)25(32-5,16-15-18(3)4)24(30)26(31,23(20)29)21(27)14-12-19-9-7-6-8-10-19/h6-12,14-15,28,31H,13,16H2,1-5H3. The molecule has 0 radical (unpaired) electrons. The zero-order valence-electron chi connectivity index (χ0n) is 19.1. The molecule has 0 bridgehead atoms. The van der Waals surface area contributed by atoms with Crippen LogP contribution in [0.25, 0.3) is 6.08 Å². The molecule has 0 heterocycles. The monoisotopic (exact) mass is 438 g/mol. The van der Waals surface area contributed by atoms with Crippen LogP contribution in [-0.2, 0) is 19.1 Å². The van der Waals surface area contributed by atoms with E-state index in [-0.39, 0.29) is 18.4 Å². The molecule has 6 nitrogen and oxygen atoms in total. The highest BCUT2D eigenvalue weighted by molar-refractivity contribution is 6.38. The number of hydrogen-bond donors (Lipinski definition) is 2. The molecule has 170 valence electrons. The lowest BCUT2D eigenvalue weighted by molar-refractivity contribution is -0.170. The molecule has 2 atom stereocenters. The molecule has 6 heteroatoms. The summed E-state index contributed by atoms with van der Waals surface area (Å²) >= 11 is 0. The smallest absolute Gasteiger partial charge is 0.252 e. The predicted octanol–water partition coefficient (Wildman–Crippen LogP) is 4.06. The summed E-state index contributed by atoms with van der Waals surface area (Å²) in [6, 6.07) is 8.81. The molecule has 2 unspecified atom stereocenters. The number of ether oxygens (including phenoxy) is 1. The normalized spacial score (nSPS) is 23.4. The van der Waals surface area contributed by atoms with E-state index < -0.39 is 34.3 Å². The lowest BCUT2D eigenvalue weighted by Gasteiger charge is -2.40. The number of benzene rings is 1. The third-order valence-corrected chi connectivity index (χ3v) is 5.41. The summed E-state index contributed by atoms with van der Waals surface area (Å²) in [6.07, 6.45) is 5.55. The van der Waals surface area contributed by atoms with Crippen LogP contribution in [0.15, 0.2) is 71.0 Å². The van der Waals surface area contributed by atoms with Crippen molar-refractivity contribution >= 4 is 23.4 Å². The molecule has 2 rings (SSSR count). The average molecular weight is 439 g/mol. The molecule has 1 aromatic carbocycles. The van der Waals surface area contributed by atoms with Gasteiger partial charge in [-0.05, 0) is 45.8 Å².